The van der Waals surface area contributed by atoms with Gasteiger partial charge < -0.3 is 15.4 Å². The van der Waals surface area contributed by atoms with E-state index in [1.807, 2.05) is 0 Å². The van der Waals surface area contributed by atoms with Crippen molar-refractivity contribution in [3.63, 3.8) is 0 Å². The lowest BCUT2D eigenvalue weighted by atomic mass is 10.4. The first kappa shape index (κ1) is 13.0. The second kappa shape index (κ2) is 6.46. The molecule has 2 rings (SSSR count). The molecule has 1 aliphatic carbocycles. The van der Waals surface area contributed by atoms with Gasteiger partial charge in [0, 0.05) is 26.2 Å². The monoisotopic (exact) mass is 253 g/mol. The Morgan fingerprint density at radius 2 is 2.44 bits per heavy atom. The fraction of sp³-hybridized carbons (Fsp3) is 0.727. The molecule has 1 fully saturated rings. The van der Waals surface area contributed by atoms with Crippen molar-refractivity contribution in [1.82, 2.24) is 25.6 Å². The summed E-state index contributed by atoms with van der Waals surface area (Å²) in [7, 11) is 1.60. The number of ether oxygens (including phenoxy) is 1. The predicted octanol–water partition coefficient (Wildman–Crippen LogP) is -0.707. The molecule has 0 aliphatic heterocycles. The third-order valence-electron chi connectivity index (χ3n) is 2.67. The highest BCUT2D eigenvalue weighted by atomic mass is 16.5. The normalized spacial score (nSPS) is 14.7. The highest BCUT2D eigenvalue weighted by molar-refractivity contribution is 5.75. The first-order valence-corrected chi connectivity index (χ1v) is 6.16. The summed E-state index contributed by atoms with van der Waals surface area (Å²) in [6.45, 7) is 1.94. The number of hydrogen-bond donors (Lipinski definition) is 2. The second-order valence-corrected chi connectivity index (χ2v) is 4.41. The van der Waals surface area contributed by atoms with E-state index in [9.17, 15) is 4.79 Å². The molecule has 0 saturated heterocycles. The van der Waals surface area contributed by atoms with Gasteiger partial charge in [-0.1, -0.05) is 5.21 Å². The average Bonchev–Trinajstić information content (AvgIpc) is 3.08. The van der Waals surface area contributed by atoms with Gasteiger partial charge in [0.05, 0.1) is 18.5 Å². The van der Waals surface area contributed by atoms with Gasteiger partial charge in [0.2, 0.25) is 5.91 Å². The number of carbonyl (C=O) groups is 1. The van der Waals surface area contributed by atoms with Gasteiger partial charge in [0.25, 0.3) is 0 Å². The maximum atomic E-state index is 11.5. The lowest BCUT2D eigenvalue weighted by Crippen LogP contribution is -2.30. The Hall–Kier alpha value is -1.47. The maximum absolute atomic E-state index is 11.5. The smallest absolute Gasteiger partial charge is 0.241 e. The zero-order chi connectivity index (χ0) is 12.8. The number of rotatable bonds is 8. The zero-order valence-electron chi connectivity index (χ0n) is 10.6. The molecule has 7 nitrogen and oxygen atoms in total. The molecule has 1 amide bonds. The Labute approximate surface area is 106 Å². The Morgan fingerprint density at radius 1 is 1.61 bits per heavy atom. The van der Waals surface area contributed by atoms with Crippen molar-refractivity contribution in [2.75, 3.05) is 20.3 Å². The minimum Gasteiger partial charge on any atom is -0.383 e. The average molecular weight is 253 g/mol. The molecule has 0 bridgehead atoms. The summed E-state index contributed by atoms with van der Waals surface area (Å²) < 4.78 is 6.40. The SMILES string of the molecule is COCCNC(=O)Cn1cc(CNC2CC2)nn1. The van der Waals surface area contributed by atoms with Crippen LogP contribution in [0.5, 0.6) is 0 Å². The van der Waals surface area contributed by atoms with Crippen LogP contribution in [0.1, 0.15) is 18.5 Å². The number of aromatic nitrogens is 3. The van der Waals surface area contributed by atoms with Crippen LogP contribution in [0, 0.1) is 0 Å². The van der Waals surface area contributed by atoms with E-state index in [-0.39, 0.29) is 12.5 Å². The second-order valence-electron chi connectivity index (χ2n) is 4.41. The fourth-order valence-electron chi connectivity index (χ4n) is 1.53. The molecule has 0 radical (unpaired) electrons. The van der Waals surface area contributed by atoms with Crippen LogP contribution in [-0.2, 0) is 22.6 Å². The molecule has 18 heavy (non-hydrogen) atoms. The van der Waals surface area contributed by atoms with Gasteiger partial charge in [-0.25, -0.2) is 4.68 Å². The van der Waals surface area contributed by atoms with Crippen molar-refractivity contribution < 1.29 is 9.53 Å². The summed E-state index contributed by atoms with van der Waals surface area (Å²) in [6, 6.07) is 0.646. The van der Waals surface area contributed by atoms with E-state index in [0.717, 1.165) is 12.2 Å². The van der Waals surface area contributed by atoms with Crippen LogP contribution < -0.4 is 10.6 Å². The van der Waals surface area contributed by atoms with Crippen LogP contribution in [0.4, 0.5) is 0 Å². The predicted molar refractivity (Wildman–Crippen MR) is 64.8 cm³/mol. The van der Waals surface area contributed by atoms with E-state index in [0.29, 0.717) is 19.2 Å². The van der Waals surface area contributed by atoms with Crippen molar-refractivity contribution in [1.29, 1.82) is 0 Å². The number of nitrogens with one attached hydrogen (secondary N) is 2. The third kappa shape index (κ3) is 4.42. The Morgan fingerprint density at radius 3 is 3.17 bits per heavy atom. The molecule has 7 heteroatoms. The van der Waals surface area contributed by atoms with E-state index in [1.54, 1.807) is 18.0 Å². The molecular formula is C11H19N5O2. The molecule has 0 spiro atoms. The minimum atomic E-state index is -0.0846. The third-order valence-corrected chi connectivity index (χ3v) is 2.67. The standard InChI is InChI=1S/C11H19N5O2/c1-18-5-4-12-11(17)8-16-7-10(14-15-16)6-13-9-2-3-9/h7,9,13H,2-6,8H2,1H3,(H,12,17). The summed E-state index contributed by atoms with van der Waals surface area (Å²) in [5, 5.41) is 14.0. The Balaban J connectivity index is 1.69. The number of amides is 1. The topological polar surface area (TPSA) is 81.1 Å². The molecule has 2 N–H and O–H groups in total. The van der Waals surface area contributed by atoms with Crippen molar-refractivity contribution in [2.45, 2.75) is 32.0 Å². The lowest BCUT2D eigenvalue weighted by molar-refractivity contribution is -0.122. The number of carbonyl (C=O) groups excluding carboxylic acids is 1. The van der Waals surface area contributed by atoms with E-state index >= 15 is 0 Å². The zero-order valence-corrected chi connectivity index (χ0v) is 10.6. The van der Waals surface area contributed by atoms with Gasteiger partial charge in [-0.15, -0.1) is 5.10 Å². The van der Waals surface area contributed by atoms with E-state index in [4.69, 9.17) is 4.74 Å². The first-order valence-electron chi connectivity index (χ1n) is 6.16. The van der Waals surface area contributed by atoms with Gasteiger partial charge >= 0.3 is 0 Å². The van der Waals surface area contributed by atoms with Crippen LogP contribution in [0.2, 0.25) is 0 Å². The largest absolute Gasteiger partial charge is 0.383 e. The summed E-state index contributed by atoms with van der Waals surface area (Å²) in [5.41, 5.74) is 0.867. The highest BCUT2D eigenvalue weighted by Gasteiger charge is 2.20. The van der Waals surface area contributed by atoms with Gasteiger partial charge in [-0.2, -0.15) is 0 Å². The quantitative estimate of drug-likeness (QED) is 0.598. The first-order chi connectivity index (χ1) is 8.78. The number of methoxy groups -OCH3 is 1. The molecule has 0 unspecified atom stereocenters. The summed E-state index contributed by atoms with van der Waals surface area (Å²) in [4.78, 5) is 11.5. The highest BCUT2D eigenvalue weighted by Crippen LogP contribution is 2.18. The van der Waals surface area contributed by atoms with Gasteiger partial charge in [0.15, 0.2) is 0 Å². The van der Waals surface area contributed by atoms with Crippen LogP contribution in [0.15, 0.2) is 6.20 Å². The summed E-state index contributed by atoms with van der Waals surface area (Å²) in [6.07, 6.45) is 4.29. The maximum Gasteiger partial charge on any atom is 0.241 e. The number of hydrogen-bond acceptors (Lipinski definition) is 5. The van der Waals surface area contributed by atoms with Gasteiger partial charge in [-0.3, -0.25) is 4.79 Å². The number of nitrogens with zero attached hydrogens (tertiary/aromatic N) is 3. The fourth-order valence-corrected chi connectivity index (χ4v) is 1.53. The van der Waals surface area contributed by atoms with Crippen LogP contribution in [0.3, 0.4) is 0 Å². The van der Waals surface area contributed by atoms with Crippen molar-refractivity contribution >= 4 is 5.91 Å². The van der Waals surface area contributed by atoms with Crippen LogP contribution >= 0.6 is 0 Å². The molecular weight excluding hydrogens is 234 g/mol. The van der Waals surface area contributed by atoms with E-state index in [1.165, 1.54) is 12.8 Å². The Kier molecular flexibility index (Phi) is 4.66. The van der Waals surface area contributed by atoms with Gasteiger partial charge in [0.1, 0.15) is 6.54 Å². The van der Waals surface area contributed by atoms with Crippen molar-refractivity contribution in [2.24, 2.45) is 0 Å². The molecule has 1 heterocycles. The van der Waals surface area contributed by atoms with Crippen molar-refractivity contribution in [3.05, 3.63) is 11.9 Å². The molecule has 1 aromatic heterocycles. The molecule has 1 aromatic rings. The molecule has 1 aliphatic rings. The van der Waals surface area contributed by atoms with Crippen LogP contribution in [-0.4, -0.2) is 47.2 Å². The molecule has 100 valence electrons. The van der Waals surface area contributed by atoms with E-state index < -0.39 is 0 Å². The lowest BCUT2D eigenvalue weighted by Gasteiger charge is -2.03. The van der Waals surface area contributed by atoms with Gasteiger partial charge in [-0.05, 0) is 12.8 Å². The Bertz CT molecular complexity index is 389. The van der Waals surface area contributed by atoms with Crippen molar-refractivity contribution in [3.8, 4) is 0 Å². The molecule has 1 saturated carbocycles. The summed E-state index contributed by atoms with van der Waals surface area (Å²) in [5.74, 6) is -0.0846. The minimum absolute atomic E-state index is 0.0846. The summed E-state index contributed by atoms with van der Waals surface area (Å²) >= 11 is 0. The van der Waals surface area contributed by atoms with Crippen LogP contribution in [0.25, 0.3) is 0 Å². The van der Waals surface area contributed by atoms with E-state index in [2.05, 4.69) is 20.9 Å². The molecule has 0 aromatic carbocycles. The molecule has 0 atom stereocenters.